The van der Waals surface area contributed by atoms with Gasteiger partial charge in [-0.2, -0.15) is 0 Å². The van der Waals surface area contributed by atoms with Crippen molar-refractivity contribution < 1.29 is 5.11 Å². The number of aryl methyl sites for hydroxylation is 1. The average molecular weight is 283 g/mol. The maximum Gasteiger partial charge on any atom is 0.220 e. The monoisotopic (exact) mass is 283 g/mol. The highest BCUT2D eigenvalue weighted by Crippen LogP contribution is 2.29. The van der Waals surface area contributed by atoms with Gasteiger partial charge in [-0.05, 0) is 37.0 Å². The SMILES string of the molecule is Nc1nccc(-c2c[nH]c3nccc(CCCCO)c23)n1. The third kappa shape index (κ3) is 2.71. The Labute approximate surface area is 122 Å². The zero-order valence-electron chi connectivity index (χ0n) is 11.6. The van der Waals surface area contributed by atoms with Gasteiger partial charge in [-0.3, -0.25) is 0 Å². The summed E-state index contributed by atoms with van der Waals surface area (Å²) in [4.78, 5) is 15.7. The van der Waals surface area contributed by atoms with Gasteiger partial charge in [-0.1, -0.05) is 0 Å². The molecule has 21 heavy (non-hydrogen) atoms. The minimum atomic E-state index is 0.219. The third-order valence-corrected chi connectivity index (χ3v) is 3.46. The number of H-pyrrole nitrogens is 1. The Morgan fingerprint density at radius 3 is 2.81 bits per heavy atom. The highest BCUT2D eigenvalue weighted by Gasteiger charge is 2.12. The highest BCUT2D eigenvalue weighted by molar-refractivity contribution is 5.95. The van der Waals surface area contributed by atoms with Gasteiger partial charge in [-0.15, -0.1) is 0 Å². The van der Waals surface area contributed by atoms with Gasteiger partial charge in [0.2, 0.25) is 5.95 Å². The van der Waals surface area contributed by atoms with E-state index in [0.717, 1.165) is 41.6 Å². The van der Waals surface area contributed by atoms with Crippen LogP contribution >= 0.6 is 0 Å². The Morgan fingerprint density at radius 1 is 1.14 bits per heavy atom. The summed E-state index contributed by atoms with van der Waals surface area (Å²) in [6.45, 7) is 0.219. The summed E-state index contributed by atoms with van der Waals surface area (Å²) in [6, 6.07) is 3.85. The van der Waals surface area contributed by atoms with E-state index >= 15 is 0 Å². The molecule has 0 aliphatic rings. The van der Waals surface area contributed by atoms with Crippen LogP contribution in [-0.2, 0) is 6.42 Å². The molecule has 0 spiro atoms. The van der Waals surface area contributed by atoms with Gasteiger partial charge in [0.05, 0.1) is 5.69 Å². The summed E-state index contributed by atoms with van der Waals surface area (Å²) in [5.41, 5.74) is 9.46. The van der Waals surface area contributed by atoms with E-state index < -0.39 is 0 Å². The maximum absolute atomic E-state index is 8.93. The summed E-state index contributed by atoms with van der Waals surface area (Å²) >= 11 is 0. The molecule has 0 unspecified atom stereocenters. The van der Waals surface area contributed by atoms with E-state index in [4.69, 9.17) is 10.8 Å². The van der Waals surface area contributed by atoms with Crippen molar-refractivity contribution in [1.82, 2.24) is 19.9 Å². The Morgan fingerprint density at radius 2 is 2.00 bits per heavy atom. The number of unbranched alkanes of at least 4 members (excludes halogenated alkanes) is 1. The van der Waals surface area contributed by atoms with Crippen LogP contribution in [0.2, 0.25) is 0 Å². The number of aliphatic hydroxyl groups excluding tert-OH is 1. The van der Waals surface area contributed by atoms with E-state index in [2.05, 4.69) is 19.9 Å². The molecule has 6 heteroatoms. The summed E-state index contributed by atoms with van der Waals surface area (Å²) in [6.07, 6.45) is 7.97. The van der Waals surface area contributed by atoms with Gasteiger partial charge in [0, 0.05) is 36.1 Å². The van der Waals surface area contributed by atoms with Crippen LogP contribution in [0.5, 0.6) is 0 Å². The van der Waals surface area contributed by atoms with Crippen molar-refractivity contribution in [3.05, 3.63) is 36.3 Å². The van der Waals surface area contributed by atoms with Crippen LogP contribution in [0.3, 0.4) is 0 Å². The van der Waals surface area contributed by atoms with Gasteiger partial charge in [0.25, 0.3) is 0 Å². The molecule has 0 fully saturated rings. The molecule has 0 saturated carbocycles. The fraction of sp³-hybridized carbons (Fsp3) is 0.267. The molecule has 0 aliphatic heterocycles. The van der Waals surface area contributed by atoms with Crippen molar-refractivity contribution in [2.75, 3.05) is 12.3 Å². The average Bonchev–Trinajstić information content (AvgIpc) is 2.92. The summed E-state index contributed by atoms with van der Waals surface area (Å²) < 4.78 is 0. The molecule has 0 amide bonds. The summed E-state index contributed by atoms with van der Waals surface area (Å²) in [5, 5.41) is 9.99. The number of aromatic nitrogens is 4. The van der Waals surface area contributed by atoms with Gasteiger partial charge in [-0.25, -0.2) is 15.0 Å². The fourth-order valence-corrected chi connectivity index (χ4v) is 2.49. The molecular weight excluding hydrogens is 266 g/mol. The number of rotatable bonds is 5. The number of nitrogens with one attached hydrogen (secondary N) is 1. The molecule has 0 aromatic carbocycles. The molecule has 3 heterocycles. The molecule has 4 N–H and O–H groups in total. The number of nitrogens with two attached hydrogens (primary N) is 1. The first-order valence-electron chi connectivity index (χ1n) is 6.94. The van der Waals surface area contributed by atoms with Gasteiger partial charge in [0.1, 0.15) is 5.65 Å². The van der Waals surface area contributed by atoms with Gasteiger partial charge >= 0.3 is 0 Å². The van der Waals surface area contributed by atoms with Crippen molar-refractivity contribution in [2.45, 2.75) is 19.3 Å². The van der Waals surface area contributed by atoms with Crippen LogP contribution in [0.4, 0.5) is 5.95 Å². The zero-order valence-corrected chi connectivity index (χ0v) is 11.6. The van der Waals surface area contributed by atoms with E-state index in [0.29, 0.717) is 0 Å². The van der Waals surface area contributed by atoms with Crippen LogP contribution < -0.4 is 5.73 Å². The zero-order chi connectivity index (χ0) is 14.7. The number of hydrogen-bond acceptors (Lipinski definition) is 5. The molecule has 0 aliphatic carbocycles. The van der Waals surface area contributed by atoms with Crippen LogP contribution in [-0.4, -0.2) is 31.6 Å². The fourth-order valence-electron chi connectivity index (χ4n) is 2.49. The number of nitrogen functional groups attached to an aromatic ring is 1. The number of pyridine rings is 1. The number of hydrogen-bond donors (Lipinski definition) is 3. The number of aromatic amines is 1. The second kappa shape index (κ2) is 5.88. The molecule has 0 saturated heterocycles. The standard InChI is InChI=1S/C15H17N5O/c16-15-18-7-5-12(20-15)11-9-19-14-13(11)10(4-6-17-14)3-1-2-8-21/h4-7,9,21H,1-3,8H2,(H,17,19)(H2,16,18,20). The lowest BCUT2D eigenvalue weighted by Crippen LogP contribution is -1.96. The van der Waals surface area contributed by atoms with E-state index in [9.17, 15) is 0 Å². The van der Waals surface area contributed by atoms with Crippen LogP contribution in [0.1, 0.15) is 18.4 Å². The van der Waals surface area contributed by atoms with E-state index in [-0.39, 0.29) is 12.6 Å². The predicted molar refractivity (Wildman–Crippen MR) is 81.6 cm³/mol. The lowest BCUT2D eigenvalue weighted by Gasteiger charge is -2.05. The minimum absolute atomic E-state index is 0.219. The Hall–Kier alpha value is -2.47. The summed E-state index contributed by atoms with van der Waals surface area (Å²) in [7, 11) is 0. The summed E-state index contributed by atoms with van der Waals surface area (Å²) in [5.74, 6) is 0.257. The largest absolute Gasteiger partial charge is 0.396 e. The predicted octanol–water partition coefficient (Wildman–Crippen LogP) is 1.92. The normalized spacial score (nSPS) is 11.1. The quantitative estimate of drug-likeness (QED) is 0.621. The second-order valence-electron chi connectivity index (χ2n) is 4.88. The first-order valence-corrected chi connectivity index (χ1v) is 6.94. The van der Waals surface area contributed by atoms with Gasteiger partial charge in [0.15, 0.2) is 0 Å². The Bertz CT molecular complexity index is 753. The van der Waals surface area contributed by atoms with Crippen LogP contribution in [0, 0.1) is 0 Å². The molecule has 0 atom stereocenters. The molecule has 3 rings (SSSR count). The van der Waals surface area contributed by atoms with Crippen molar-refractivity contribution in [3.8, 4) is 11.3 Å². The number of nitrogens with zero attached hydrogens (tertiary/aromatic N) is 3. The van der Waals surface area contributed by atoms with Gasteiger partial charge < -0.3 is 15.8 Å². The van der Waals surface area contributed by atoms with E-state index in [1.165, 1.54) is 5.56 Å². The number of fused-ring (bicyclic) bond motifs is 1. The third-order valence-electron chi connectivity index (χ3n) is 3.46. The van der Waals surface area contributed by atoms with Crippen molar-refractivity contribution in [3.63, 3.8) is 0 Å². The number of aliphatic hydroxyl groups is 1. The molecule has 108 valence electrons. The Kier molecular flexibility index (Phi) is 3.79. The van der Waals surface area contributed by atoms with Crippen molar-refractivity contribution >= 4 is 17.0 Å². The molecule has 6 nitrogen and oxygen atoms in total. The lowest BCUT2D eigenvalue weighted by molar-refractivity contribution is 0.284. The molecule has 3 aromatic heterocycles. The molecule has 0 bridgehead atoms. The second-order valence-corrected chi connectivity index (χ2v) is 4.88. The first kappa shape index (κ1) is 13.5. The van der Waals surface area contributed by atoms with E-state index in [1.54, 1.807) is 12.4 Å². The van der Waals surface area contributed by atoms with E-state index in [1.807, 2.05) is 18.3 Å². The highest BCUT2D eigenvalue weighted by atomic mass is 16.2. The maximum atomic E-state index is 8.93. The molecule has 3 aromatic rings. The first-order chi connectivity index (χ1) is 10.3. The van der Waals surface area contributed by atoms with Crippen LogP contribution in [0.25, 0.3) is 22.3 Å². The smallest absolute Gasteiger partial charge is 0.220 e. The van der Waals surface area contributed by atoms with Crippen molar-refractivity contribution in [1.29, 1.82) is 0 Å². The minimum Gasteiger partial charge on any atom is -0.396 e. The molecular formula is C15H17N5O. The lowest BCUT2D eigenvalue weighted by atomic mass is 10.0. The van der Waals surface area contributed by atoms with Crippen LogP contribution in [0.15, 0.2) is 30.7 Å². The van der Waals surface area contributed by atoms with Crippen molar-refractivity contribution in [2.24, 2.45) is 0 Å². The molecule has 0 radical (unpaired) electrons. The Balaban J connectivity index is 2.07. The number of anilines is 1. The topological polar surface area (TPSA) is 101 Å².